The number of fused-ring (bicyclic) bond motifs is 1. The molecule has 0 radical (unpaired) electrons. The topological polar surface area (TPSA) is 43.0 Å². The molecule has 0 unspecified atom stereocenters. The molecule has 0 amide bonds. The van der Waals surface area contributed by atoms with E-state index in [4.69, 9.17) is 4.42 Å². The summed E-state index contributed by atoms with van der Waals surface area (Å²) in [4.78, 5) is 0. The number of para-hydroxylation sites is 1. The number of furan rings is 1. The fourth-order valence-electron chi connectivity index (χ4n) is 2.35. The molecule has 20 heavy (non-hydrogen) atoms. The van der Waals surface area contributed by atoms with Gasteiger partial charge < -0.3 is 9.73 Å². The Morgan fingerprint density at radius 3 is 3.05 bits per heavy atom. The van der Waals surface area contributed by atoms with Gasteiger partial charge in [0.05, 0.1) is 31.1 Å². The molecule has 104 valence electrons. The van der Waals surface area contributed by atoms with Crippen LogP contribution in [-0.4, -0.2) is 16.3 Å². The lowest BCUT2D eigenvalue weighted by Crippen LogP contribution is -2.15. The monoisotopic (exact) mass is 269 g/mol. The molecule has 2 aromatic heterocycles. The molecular weight excluding hydrogens is 250 g/mol. The molecule has 0 aliphatic rings. The number of hydrogen-bond donors (Lipinski definition) is 1. The lowest BCUT2D eigenvalue weighted by Gasteiger charge is -2.05. The molecule has 4 nitrogen and oxygen atoms in total. The fourth-order valence-corrected chi connectivity index (χ4v) is 2.35. The zero-order valence-electron chi connectivity index (χ0n) is 11.7. The lowest BCUT2D eigenvalue weighted by molar-refractivity contribution is 0.476. The molecule has 4 heteroatoms. The molecule has 0 atom stereocenters. The third-order valence-electron chi connectivity index (χ3n) is 3.42. The van der Waals surface area contributed by atoms with E-state index < -0.39 is 0 Å². The van der Waals surface area contributed by atoms with E-state index in [1.165, 1.54) is 10.9 Å². The van der Waals surface area contributed by atoms with Crippen molar-refractivity contribution in [1.29, 1.82) is 0 Å². The minimum atomic E-state index is 0.743. The van der Waals surface area contributed by atoms with Crippen LogP contribution in [0.15, 0.2) is 47.2 Å². The maximum atomic E-state index is 5.57. The van der Waals surface area contributed by atoms with Crippen molar-refractivity contribution in [2.75, 3.05) is 6.54 Å². The molecule has 0 fully saturated rings. The first-order valence-electron chi connectivity index (χ1n) is 7.05. The Balaban J connectivity index is 1.79. The zero-order chi connectivity index (χ0) is 13.8. The Morgan fingerprint density at radius 2 is 2.15 bits per heavy atom. The highest BCUT2D eigenvalue weighted by atomic mass is 16.3. The number of rotatable bonds is 6. The molecule has 0 aliphatic heterocycles. The molecule has 1 N–H and O–H groups in total. The van der Waals surface area contributed by atoms with Crippen LogP contribution in [0.2, 0.25) is 0 Å². The van der Waals surface area contributed by atoms with Gasteiger partial charge in [-0.3, -0.25) is 4.68 Å². The van der Waals surface area contributed by atoms with Gasteiger partial charge in [0, 0.05) is 10.9 Å². The maximum Gasteiger partial charge on any atom is 0.122 e. The first kappa shape index (κ1) is 12.9. The fraction of sp³-hybridized carbons (Fsp3) is 0.312. The highest BCUT2D eigenvalue weighted by Gasteiger charge is 2.09. The van der Waals surface area contributed by atoms with Gasteiger partial charge in [-0.1, -0.05) is 25.1 Å². The summed E-state index contributed by atoms with van der Waals surface area (Å²) in [5, 5.41) is 9.00. The Hall–Kier alpha value is -2.07. The van der Waals surface area contributed by atoms with Crippen molar-refractivity contribution < 1.29 is 4.42 Å². The van der Waals surface area contributed by atoms with E-state index in [9.17, 15) is 0 Å². The van der Waals surface area contributed by atoms with Crippen molar-refractivity contribution in [3.63, 3.8) is 0 Å². The second kappa shape index (κ2) is 5.92. The first-order valence-corrected chi connectivity index (χ1v) is 7.05. The molecule has 1 aromatic carbocycles. The summed E-state index contributed by atoms with van der Waals surface area (Å²) in [7, 11) is 0. The number of nitrogens with zero attached hydrogens (tertiary/aromatic N) is 2. The zero-order valence-corrected chi connectivity index (χ0v) is 11.7. The van der Waals surface area contributed by atoms with Crippen molar-refractivity contribution >= 4 is 10.9 Å². The predicted octanol–water partition coefficient (Wildman–Crippen LogP) is 3.18. The van der Waals surface area contributed by atoms with Crippen LogP contribution >= 0.6 is 0 Å². The van der Waals surface area contributed by atoms with Gasteiger partial charge in [0.2, 0.25) is 0 Å². The van der Waals surface area contributed by atoms with E-state index >= 15 is 0 Å². The summed E-state index contributed by atoms with van der Waals surface area (Å²) in [6.45, 7) is 4.68. The van der Waals surface area contributed by atoms with Crippen LogP contribution in [0.4, 0.5) is 0 Å². The Morgan fingerprint density at radius 1 is 1.25 bits per heavy atom. The normalized spacial score (nSPS) is 11.2. The van der Waals surface area contributed by atoms with Crippen LogP contribution in [0.25, 0.3) is 10.9 Å². The molecule has 0 aliphatic carbocycles. The van der Waals surface area contributed by atoms with Crippen molar-refractivity contribution in [3.8, 4) is 0 Å². The minimum Gasteiger partial charge on any atom is -0.468 e. The van der Waals surface area contributed by atoms with Crippen molar-refractivity contribution in [2.24, 2.45) is 0 Å². The number of benzene rings is 1. The average Bonchev–Trinajstić information content (AvgIpc) is 3.08. The second-order valence-electron chi connectivity index (χ2n) is 4.91. The standard InChI is InChI=1S/C16H19N3O/c1-2-8-17-11-16-14(7-9-20-16)12-19-15-6-4-3-5-13(15)10-18-19/h3-7,9-10,17H,2,8,11-12H2,1H3. The molecule has 0 spiro atoms. The van der Waals surface area contributed by atoms with E-state index in [-0.39, 0.29) is 0 Å². The molecule has 3 aromatic rings. The van der Waals surface area contributed by atoms with Gasteiger partial charge in [-0.15, -0.1) is 0 Å². The van der Waals surface area contributed by atoms with E-state index in [2.05, 4.69) is 29.5 Å². The summed E-state index contributed by atoms with van der Waals surface area (Å²) in [5.74, 6) is 0.998. The predicted molar refractivity (Wildman–Crippen MR) is 79.5 cm³/mol. The van der Waals surface area contributed by atoms with Gasteiger partial charge in [-0.05, 0) is 25.1 Å². The minimum absolute atomic E-state index is 0.743. The Labute approximate surface area is 118 Å². The molecule has 0 saturated carbocycles. The van der Waals surface area contributed by atoms with Gasteiger partial charge in [-0.25, -0.2) is 0 Å². The first-order chi connectivity index (χ1) is 9.88. The molecule has 0 bridgehead atoms. The smallest absolute Gasteiger partial charge is 0.122 e. The van der Waals surface area contributed by atoms with Crippen LogP contribution < -0.4 is 5.32 Å². The quantitative estimate of drug-likeness (QED) is 0.699. The van der Waals surface area contributed by atoms with Crippen LogP contribution in [0.1, 0.15) is 24.7 Å². The number of hydrogen-bond acceptors (Lipinski definition) is 3. The SMILES string of the molecule is CCCNCc1occc1Cn1ncc2ccccc21. The second-order valence-corrected chi connectivity index (χ2v) is 4.91. The lowest BCUT2D eigenvalue weighted by atomic mass is 10.2. The Kier molecular flexibility index (Phi) is 3.83. The van der Waals surface area contributed by atoms with Crippen molar-refractivity contribution in [1.82, 2.24) is 15.1 Å². The van der Waals surface area contributed by atoms with Gasteiger partial charge in [0.1, 0.15) is 5.76 Å². The van der Waals surface area contributed by atoms with Gasteiger partial charge in [-0.2, -0.15) is 5.10 Å². The maximum absolute atomic E-state index is 5.57. The number of aromatic nitrogens is 2. The summed E-state index contributed by atoms with van der Waals surface area (Å²) in [6, 6.07) is 10.3. The van der Waals surface area contributed by atoms with Crippen LogP contribution in [-0.2, 0) is 13.1 Å². The summed E-state index contributed by atoms with van der Waals surface area (Å²) < 4.78 is 7.59. The third-order valence-corrected chi connectivity index (χ3v) is 3.42. The van der Waals surface area contributed by atoms with E-state index in [1.54, 1.807) is 6.26 Å². The van der Waals surface area contributed by atoms with E-state index in [0.717, 1.165) is 37.3 Å². The van der Waals surface area contributed by atoms with Crippen LogP contribution in [0.5, 0.6) is 0 Å². The third kappa shape index (κ3) is 2.60. The van der Waals surface area contributed by atoms with Gasteiger partial charge in [0.25, 0.3) is 0 Å². The molecular formula is C16H19N3O. The van der Waals surface area contributed by atoms with Crippen molar-refractivity contribution in [3.05, 3.63) is 54.1 Å². The van der Waals surface area contributed by atoms with Crippen molar-refractivity contribution in [2.45, 2.75) is 26.4 Å². The number of nitrogens with one attached hydrogen (secondary N) is 1. The van der Waals surface area contributed by atoms with Crippen LogP contribution in [0.3, 0.4) is 0 Å². The van der Waals surface area contributed by atoms with Gasteiger partial charge >= 0.3 is 0 Å². The molecule has 3 rings (SSSR count). The van der Waals surface area contributed by atoms with E-state index in [0.29, 0.717) is 0 Å². The highest BCUT2D eigenvalue weighted by Crippen LogP contribution is 2.17. The van der Waals surface area contributed by atoms with Gasteiger partial charge in [0.15, 0.2) is 0 Å². The Bertz CT molecular complexity index is 684. The van der Waals surface area contributed by atoms with E-state index in [1.807, 2.05) is 29.1 Å². The molecule has 0 saturated heterocycles. The summed E-state index contributed by atoms with van der Waals surface area (Å²) in [5.41, 5.74) is 2.34. The molecule has 2 heterocycles. The van der Waals surface area contributed by atoms with Crippen LogP contribution in [0, 0.1) is 0 Å². The summed E-state index contributed by atoms with van der Waals surface area (Å²) >= 11 is 0. The largest absolute Gasteiger partial charge is 0.468 e. The highest BCUT2D eigenvalue weighted by molar-refractivity contribution is 5.78. The summed E-state index contributed by atoms with van der Waals surface area (Å²) in [6.07, 6.45) is 4.79. The average molecular weight is 269 g/mol.